The van der Waals surface area contributed by atoms with Gasteiger partial charge in [-0.3, -0.25) is 9.48 Å². The van der Waals surface area contributed by atoms with E-state index in [1.54, 1.807) is 6.20 Å². The normalized spacial score (nSPS) is 10.4. The van der Waals surface area contributed by atoms with Gasteiger partial charge in [0, 0.05) is 25.4 Å². The highest BCUT2D eigenvalue weighted by Gasteiger charge is 2.02. The molecule has 3 N–H and O–H groups in total. The van der Waals surface area contributed by atoms with Crippen LogP contribution in [0.2, 0.25) is 0 Å². The van der Waals surface area contributed by atoms with Gasteiger partial charge in [-0.15, -0.1) is 0 Å². The first-order valence-corrected chi connectivity index (χ1v) is 6.80. The molecule has 0 atom stereocenters. The van der Waals surface area contributed by atoms with E-state index in [0.29, 0.717) is 19.5 Å². The molecule has 0 unspecified atom stereocenters. The van der Waals surface area contributed by atoms with E-state index in [9.17, 15) is 4.79 Å². The van der Waals surface area contributed by atoms with Crippen molar-refractivity contribution in [1.29, 1.82) is 0 Å². The molecular formula is C15H20N4O. The van der Waals surface area contributed by atoms with Gasteiger partial charge < -0.3 is 11.1 Å². The number of nitrogens with two attached hydrogens (primary N) is 1. The zero-order valence-corrected chi connectivity index (χ0v) is 11.5. The van der Waals surface area contributed by atoms with Gasteiger partial charge >= 0.3 is 0 Å². The van der Waals surface area contributed by atoms with Crippen LogP contribution >= 0.6 is 0 Å². The Balaban J connectivity index is 1.87. The Labute approximate surface area is 118 Å². The van der Waals surface area contributed by atoms with Crippen LogP contribution in [0.4, 0.5) is 0 Å². The fourth-order valence-corrected chi connectivity index (χ4v) is 1.97. The highest BCUT2D eigenvalue weighted by Crippen LogP contribution is 2.07. The summed E-state index contributed by atoms with van der Waals surface area (Å²) in [5.41, 5.74) is 7.64. The van der Waals surface area contributed by atoms with Crippen LogP contribution < -0.4 is 11.1 Å². The molecule has 0 radical (unpaired) electrons. The van der Waals surface area contributed by atoms with E-state index in [0.717, 1.165) is 18.5 Å². The molecule has 0 spiro atoms. The van der Waals surface area contributed by atoms with Gasteiger partial charge in [0.15, 0.2) is 0 Å². The SMILES string of the molecule is NCCCC(=O)NCc1cccc(Cn2cccn2)c1. The van der Waals surface area contributed by atoms with Gasteiger partial charge in [0.05, 0.1) is 6.54 Å². The maximum Gasteiger partial charge on any atom is 0.220 e. The first-order valence-electron chi connectivity index (χ1n) is 6.80. The van der Waals surface area contributed by atoms with Crippen LogP contribution in [0.1, 0.15) is 24.0 Å². The van der Waals surface area contributed by atoms with Gasteiger partial charge in [0.2, 0.25) is 5.91 Å². The molecule has 1 aromatic carbocycles. The first-order chi connectivity index (χ1) is 9.78. The number of nitrogens with one attached hydrogen (secondary N) is 1. The lowest BCUT2D eigenvalue weighted by Crippen LogP contribution is -2.23. The minimum Gasteiger partial charge on any atom is -0.352 e. The lowest BCUT2D eigenvalue weighted by molar-refractivity contribution is -0.121. The Morgan fingerprint density at radius 1 is 1.30 bits per heavy atom. The Morgan fingerprint density at radius 3 is 2.90 bits per heavy atom. The summed E-state index contributed by atoms with van der Waals surface area (Å²) >= 11 is 0. The number of carbonyl (C=O) groups excluding carboxylic acids is 1. The average molecular weight is 272 g/mol. The standard InChI is InChI=1S/C15H20N4O/c16-7-2-6-15(20)17-11-13-4-1-5-14(10-13)12-19-9-3-8-18-19/h1,3-5,8-10H,2,6-7,11-12,16H2,(H,17,20). The highest BCUT2D eigenvalue weighted by molar-refractivity contribution is 5.75. The number of hydrogen-bond acceptors (Lipinski definition) is 3. The van der Waals surface area contributed by atoms with Crippen LogP contribution in [-0.2, 0) is 17.9 Å². The van der Waals surface area contributed by atoms with Gasteiger partial charge in [-0.25, -0.2) is 0 Å². The van der Waals surface area contributed by atoms with Crippen molar-refractivity contribution < 1.29 is 4.79 Å². The third kappa shape index (κ3) is 4.51. The summed E-state index contributed by atoms with van der Waals surface area (Å²) in [6, 6.07) is 10.1. The quantitative estimate of drug-likeness (QED) is 0.797. The minimum atomic E-state index is 0.0490. The Bertz CT molecular complexity index is 537. The van der Waals surface area contributed by atoms with Crippen molar-refractivity contribution in [1.82, 2.24) is 15.1 Å². The molecule has 0 aliphatic heterocycles. The Morgan fingerprint density at radius 2 is 2.15 bits per heavy atom. The maximum atomic E-state index is 11.5. The van der Waals surface area contributed by atoms with E-state index < -0.39 is 0 Å². The number of rotatable bonds is 7. The predicted molar refractivity (Wildman–Crippen MR) is 77.9 cm³/mol. The van der Waals surface area contributed by atoms with E-state index in [-0.39, 0.29) is 5.91 Å². The molecule has 5 nitrogen and oxygen atoms in total. The monoisotopic (exact) mass is 272 g/mol. The fourth-order valence-electron chi connectivity index (χ4n) is 1.97. The molecule has 2 rings (SSSR count). The Kier molecular flexibility index (Phi) is 5.32. The van der Waals surface area contributed by atoms with E-state index in [1.165, 1.54) is 5.56 Å². The summed E-state index contributed by atoms with van der Waals surface area (Å²) in [5, 5.41) is 7.09. The van der Waals surface area contributed by atoms with Crippen molar-refractivity contribution in [3.63, 3.8) is 0 Å². The molecule has 2 aromatic rings. The molecular weight excluding hydrogens is 252 g/mol. The molecule has 0 bridgehead atoms. The second kappa shape index (κ2) is 7.45. The smallest absolute Gasteiger partial charge is 0.220 e. The van der Waals surface area contributed by atoms with Crippen LogP contribution in [0.3, 0.4) is 0 Å². The summed E-state index contributed by atoms with van der Waals surface area (Å²) in [5.74, 6) is 0.0490. The second-order valence-corrected chi connectivity index (χ2v) is 4.69. The van der Waals surface area contributed by atoms with Crippen molar-refractivity contribution in [3.8, 4) is 0 Å². The van der Waals surface area contributed by atoms with Gasteiger partial charge in [0.1, 0.15) is 0 Å². The fraction of sp³-hybridized carbons (Fsp3) is 0.333. The van der Waals surface area contributed by atoms with Crippen molar-refractivity contribution in [2.24, 2.45) is 5.73 Å². The molecule has 1 amide bonds. The van der Waals surface area contributed by atoms with E-state index in [1.807, 2.05) is 29.1 Å². The molecule has 1 aromatic heterocycles. The second-order valence-electron chi connectivity index (χ2n) is 4.69. The minimum absolute atomic E-state index is 0.0490. The lowest BCUT2D eigenvalue weighted by Gasteiger charge is -2.07. The molecule has 106 valence electrons. The third-order valence-corrected chi connectivity index (χ3v) is 2.99. The molecule has 0 fully saturated rings. The molecule has 1 heterocycles. The Hall–Kier alpha value is -2.14. The molecule has 0 aliphatic carbocycles. The summed E-state index contributed by atoms with van der Waals surface area (Å²) in [4.78, 5) is 11.5. The maximum absolute atomic E-state index is 11.5. The van der Waals surface area contributed by atoms with Crippen molar-refractivity contribution in [2.75, 3.05) is 6.54 Å². The zero-order chi connectivity index (χ0) is 14.2. The van der Waals surface area contributed by atoms with Gasteiger partial charge in [0.25, 0.3) is 0 Å². The van der Waals surface area contributed by atoms with Crippen LogP contribution in [-0.4, -0.2) is 22.2 Å². The van der Waals surface area contributed by atoms with Crippen LogP contribution in [0.5, 0.6) is 0 Å². The molecule has 0 saturated carbocycles. The summed E-state index contributed by atoms with van der Waals surface area (Å²) in [6.45, 7) is 1.84. The van der Waals surface area contributed by atoms with Gasteiger partial charge in [-0.05, 0) is 30.2 Å². The number of nitrogens with zero attached hydrogens (tertiary/aromatic N) is 2. The van der Waals surface area contributed by atoms with Crippen LogP contribution in [0, 0.1) is 0 Å². The molecule has 0 aliphatic rings. The lowest BCUT2D eigenvalue weighted by atomic mass is 10.1. The predicted octanol–water partition coefficient (Wildman–Crippen LogP) is 1.29. The zero-order valence-electron chi connectivity index (χ0n) is 11.5. The number of hydrogen-bond donors (Lipinski definition) is 2. The highest BCUT2D eigenvalue weighted by atomic mass is 16.1. The average Bonchev–Trinajstić information content (AvgIpc) is 2.96. The van der Waals surface area contributed by atoms with Gasteiger partial charge in [-0.1, -0.05) is 24.3 Å². The van der Waals surface area contributed by atoms with E-state index >= 15 is 0 Å². The third-order valence-electron chi connectivity index (χ3n) is 2.99. The van der Waals surface area contributed by atoms with Crippen LogP contribution in [0.25, 0.3) is 0 Å². The van der Waals surface area contributed by atoms with E-state index in [2.05, 4.69) is 22.5 Å². The summed E-state index contributed by atoms with van der Waals surface area (Å²) in [7, 11) is 0. The summed E-state index contributed by atoms with van der Waals surface area (Å²) in [6.07, 6.45) is 4.91. The van der Waals surface area contributed by atoms with E-state index in [4.69, 9.17) is 5.73 Å². The molecule has 20 heavy (non-hydrogen) atoms. The molecule has 0 saturated heterocycles. The van der Waals surface area contributed by atoms with Crippen LogP contribution in [0.15, 0.2) is 42.7 Å². The van der Waals surface area contributed by atoms with Crippen molar-refractivity contribution >= 4 is 5.91 Å². The number of amides is 1. The number of carbonyl (C=O) groups is 1. The number of benzene rings is 1. The topological polar surface area (TPSA) is 72.9 Å². The first kappa shape index (κ1) is 14.3. The van der Waals surface area contributed by atoms with Crippen molar-refractivity contribution in [3.05, 3.63) is 53.9 Å². The van der Waals surface area contributed by atoms with Crippen molar-refractivity contribution in [2.45, 2.75) is 25.9 Å². The van der Waals surface area contributed by atoms with Gasteiger partial charge in [-0.2, -0.15) is 5.10 Å². The largest absolute Gasteiger partial charge is 0.352 e. The number of aromatic nitrogens is 2. The summed E-state index contributed by atoms with van der Waals surface area (Å²) < 4.78 is 1.87. The molecule has 5 heteroatoms.